The molecule has 0 bridgehead atoms. The van der Waals surface area contributed by atoms with Crippen LogP contribution in [-0.2, 0) is 11.3 Å². The number of benzene rings is 1. The average Bonchev–Trinajstić information content (AvgIpc) is 3.12. The number of carbonyl (C=O) groups is 2. The van der Waals surface area contributed by atoms with E-state index in [1.807, 2.05) is 6.07 Å². The molecule has 0 aliphatic heterocycles. The summed E-state index contributed by atoms with van der Waals surface area (Å²) in [5.74, 6) is -0.0146. The van der Waals surface area contributed by atoms with Crippen LogP contribution in [0.15, 0.2) is 47.1 Å². The van der Waals surface area contributed by atoms with Crippen LogP contribution in [-0.4, -0.2) is 29.8 Å². The topological polar surface area (TPSA) is 62.6 Å². The van der Waals surface area contributed by atoms with Crippen LogP contribution in [0.5, 0.6) is 0 Å². The molecule has 0 unspecified atom stereocenters. The molecule has 0 aliphatic carbocycles. The maximum atomic E-state index is 12.9. The van der Waals surface area contributed by atoms with Crippen LogP contribution >= 0.6 is 0 Å². The summed E-state index contributed by atoms with van der Waals surface area (Å²) in [5.41, 5.74) is 0.368. The molecular formula is C19H23FN2O3. The van der Waals surface area contributed by atoms with Crippen molar-refractivity contribution in [3.8, 4) is 0 Å². The highest BCUT2D eigenvalue weighted by molar-refractivity contribution is 5.94. The molecule has 0 radical (unpaired) electrons. The van der Waals surface area contributed by atoms with Gasteiger partial charge in [-0.25, -0.2) is 4.39 Å². The van der Waals surface area contributed by atoms with Crippen molar-refractivity contribution in [2.24, 2.45) is 0 Å². The number of hydrogen-bond donors (Lipinski definition) is 1. The summed E-state index contributed by atoms with van der Waals surface area (Å²) >= 11 is 0. The van der Waals surface area contributed by atoms with E-state index < -0.39 is 5.82 Å². The second-order valence-corrected chi connectivity index (χ2v) is 5.76. The summed E-state index contributed by atoms with van der Waals surface area (Å²) in [7, 11) is 0. The van der Waals surface area contributed by atoms with Gasteiger partial charge < -0.3 is 14.6 Å². The number of nitrogens with zero attached hydrogens (tertiary/aromatic N) is 1. The smallest absolute Gasteiger partial charge is 0.251 e. The van der Waals surface area contributed by atoms with Crippen LogP contribution in [0.1, 0.15) is 42.3 Å². The number of unbranched alkanes of at least 4 members (excludes halogenated alkanes) is 1. The number of nitrogens with one attached hydrogen (secondary N) is 1. The Balaban J connectivity index is 1.83. The van der Waals surface area contributed by atoms with Gasteiger partial charge >= 0.3 is 0 Å². The highest BCUT2D eigenvalue weighted by atomic mass is 19.1. The largest absolute Gasteiger partial charge is 0.467 e. The molecule has 1 aromatic heterocycles. The lowest BCUT2D eigenvalue weighted by atomic mass is 10.2. The first-order chi connectivity index (χ1) is 12.1. The van der Waals surface area contributed by atoms with Crippen LogP contribution < -0.4 is 5.32 Å². The molecule has 0 aliphatic rings. The highest BCUT2D eigenvalue weighted by Crippen LogP contribution is 2.09. The highest BCUT2D eigenvalue weighted by Gasteiger charge is 2.15. The first-order valence-electron chi connectivity index (χ1n) is 8.44. The molecule has 25 heavy (non-hydrogen) atoms. The maximum Gasteiger partial charge on any atom is 0.251 e. The number of halogens is 1. The molecule has 0 atom stereocenters. The lowest BCUT2D eigenvalue weighted by Crippen LogP contribution is -2.34. The predicted octanol–water partition coefficient (Wildman–Crippen LogP) is 3.37. The molecule has 134 valence electrons. The maximum absolute atomic E-state index is 12.9. The number of carbonyl (C=O) groups excluding carboxylic acids is 2. The summed E-state index contributed by atoms with van der Waals surface area (Å²) in [5, 5.41) is 2.69. The van der Waals surface area contributed by atoms with Gasteiger partial charge in [0.05, 0.1) is 12.8 Å². The zero-order chi connectivity index (χ0) is 18.1. The van der Waals surface area contributed by atoms with Gasteiger partial charge in [-0.1, -0.05) is 13.3 Å². The molecule has 0 saturated heterocycles. The Morgan fingerprint density at radius 1 is 1.20 bits per heavy atom. The molecular weight excluding hydrogens is 323 g/mol. The van der Waals surface area contributed by atoms with Crippen molar-refractivity contribution >= 4 is 11.8 Å². The third-order valence-corrected chi connectivity index (χ3v) is 3.79. The van der Waals surface area contributed by atoms with E-state index in [0.717, 1.165) is 18.6 Å². The molecule has 1 aromatic carbocycles. The van der Waals surface area contributed by atoms with Crippen molar-refractivity contribution in [3.63, 3.8) is 0 Å². The number of furan rings is 1. The first kappa shape index (κ1) is 18.7. The monoisotopic (exact) mass is 346 g/mol. The van der Waals surface area contributed by atoms with Crippen LogP contribution in [0.2, 0.25) is 0 Å². The number of rotatable bonds is 9. The van der Waals surface area contributed by atoms with Crippen molar-refractivity contribution in [2.45, 2.75) is 32.7 Å². The van der Waals surface area contributed by atoms with Crippen molar-refractivity contribution in [1.29, 1.82) is 0 Å². The second-order valence-electron chi connectivity index (χ2n) is 5.76. The third-order valence-electron chi connectivity index (χ3n) is 3.79. The fourth-order valence-electron chi connectivity index (χ4n) is 2.38. The van der Waals surface area contributed by atoms with E-state index in [9.17, 15) is 14.0 Å². The minimum Gasteiger partial charge on any atom is -0.467 e. The van der Waals surface area contributed by atoms with Gasteiger partial charge in [0, 0.05) is 25.1 Å². The third kappa shape index (κ3) is 6.06. The van der Waals surface area contributed by atoms with Gasteiger partial charge in [0.25, 0.3) is 5.91 Å². The summed E-state index contributed by atoms with van der Waals surface area (Å²) in [6.07, 6.45) is 3.69. The molecule has 2 aromatic rings. The van der Waals surface area contributed by atoms with Crippen molar-refractivity contribution in [1.82, 2.24) is 10.2 Å². The van der Waals surface area contributed by atoms with Crippen LogP contribution in [0.25, 0.3) is 0 Å². The van der Waals surface area contributed by atoms with Crippen LogP contribution in [0.3, 0.4) is 0 Å². The Bertz CT molecular complexity index is 668. The fraction of sp³-hybridized carbons (Fsp3) is 0.368. The number of amides is 2. The first-order valence-corrected chi connectivity index (χ1v) is 8.44. The molecule has 0 fully saturated rings. The molecule has 1 heterocycles. The molecule has 5 nitrogen and oxygen atoms in total. The number of hydrogen-bond acceptors (Lipinski definition) is 3. The Morgan fingerprint density at radius 3 is 2.60 bits per heavy atom. The SMILES string of the molecule is CCCCN(Cc1ccco1)C(=O)CCNC(=O)c1ccc(F)cc1. The molecule has 6 heteroatoms. The fourth-order valence-corrected chi connectivity index (χ4v) is 2.38. The summed E-state index contributed by atoms with van der Waals surface area (Å²) in [4.78, 5) is 26.1. The molecule has 0 saturated carbocycles. The second kappa shape index (κ2) is 9.61. The Morgan fingerprint density at radius 2 is 1.96 bits per heavy atom. The molecule has 2 rings (SSSR count). The quantitative estimate of drug-likeness (QED) is 0.757. The van der Waals surface area contributed by atoms with Gasteiger partial charge in [-0.05, 0) is 42.8 Å². The average molecular weight is 346 g/mol. The Labute approximate surface area is 146 Å². The van der Waals surface area contributed by atoms with Gasteiger partial charge in [0.2, 0.25) is 5.91 Å². The van der Waals surface area contributed by atoms with Crippen molar-refractivity contribution < 1.29 is 18.4 Å². The van der Waals surface area contributed by atoms with Crippen molar-refractivity contribution in [3.05, 3.63) is 59.8 Å². The van der Waals surface area contributed by atoms with Gasteiger partial charge in [0.15, 0.2) is 0 Å². The van der Waals surface area contributed by atoms with E-state index in [4.69, 9.17) is 4.42 Å². The lowest BCUT2D eigenvalue weighted by Gasteiger charge is -2.21. The Kier molecular flexibility index (Phi) is 7.19. The molecule has 1 N–H and O–H groups in total. The standard InChI is InChI=1S/C19H23FN2O3/c1-2-3-12-22(14-17-5-4-13-25-17)18(23)10-11-21-19(24)15-6-8-16(20)9-7-15/h4-9,13H,2-3,10-12,14H2,1H3,(H,21,24). The van der Waals surface area contributed by atoms with E-state index in [0.29, 0.717) is 18.7 Å². The zero-order valence-corrected chi connectivity index (χ0v) is 14.3. The van der Waals surface area contributed by atoms with E-state index in [1.165, 1.54) is 24.3 Å². The normalized spacial score (nSPS) is 10.5. The van der Waals surface area contributed by atoms with E-state index in [-0.39, 0.29) is 24.8 Å². The van der Waals surface area contributed by atoms with Crippen LogP contribution in [0.4, 0.5) is 4.39 Å². The molecule has 0 spiro atoms. The van der Waals surface area contributed by atoms with Crippen LogP contribution in [0, 0.1) is 5.82 Å². The van der Waals surface area contributed by atoms with E-state index in [2.05, 4.69) is 12.2 Å². The summed E-state index contributed by atoms with van der Waals surface area (Å²) < 4.78 is 18.2. The van der Waals surface area contributed by atoms with Gasteiger partial charge in [-0.2, -0.15) is 0 Å². The minimum atomic E-state index is -0.392. The zero-order valence-electron chi connectivity index (χ0n) is 14.3. The minimum absolute atomic E-state index is 0.0377. The van der Waals surface area contributed by atoms with Gasteiger partial charge in [-0.15, -0.1) is 0 Å². The predicted molar refractivity (Wildman–Crippen MR) is 92.4 cm³/mol. The molecule has 2 amide bonds. The van der Waals surface area contributed by atoms with E-state index in [1.54, 1.807) is 17.2 Å². The Hall–Kier alpha value is -2.63. The van der Waals surface area contributed by atoms with Gasteiger partial charge in [0.1, 0.15) is 11.6 Å². The van der Waals surface area contributed by atoms with Gasteiger partial charge in [-0.3, -0.25) is 9.59 Å². The summed E-state index contributed by atoms with van der Waals surface area (Å²) in [6, 6.07) is 8.92. The van der Waals surface area contributed by atoms with E-state index >= 15 is 0 Å². The lowest BCUT2D eigenvalue weighted by molar-refractivity contribution is -0.132. The summed E-state index contributed by atoms with van der Waals surface area (Å²) in [6.45, 7) is 3.38. The van der Waals surface area contributed by atoms with Crippen molar-refractivity contribution in [2.75, 3.05) is 13.1 Å².